The fraction of sp³-hybridized carbons (Fsp3) is 1.00. The van der Waals surface area contributed by atoms with E-state index in [1.54, 1.807) is 0 Å². The highest BCUT2D eigenvalue weighted by Crippen LogP contribution is 2.36. The Morgan fingerprint density at radius 1 is 1.33 bits per heavy atom. The van der Waals surface area contributed by atoms with Crippen molar-refractivity contribution in [1.82, 2.24) is 4.90 Å². The SMILES string of the molecule is CB(S)C1CCN(C)CC(C)(C)C1.CC. The lowest BCUT2D eigenvalue weighted by molar-refractivity contribution is 0.228. The van der Waals surface area contributed by atoms with Gasteiger partial charge < -0.3 is 4.90 Å². The molecule has 0 saturated carbocycles. The molecule has 1 saturated heterocycles. The Morgan fingerprint density at radius 2 is 1.87 bits per heavy atom. The van der Waals surface area contributed by atoms with Gasteiger partial charge >= 0.3 is 0 Å². The van der Waals surface area contributed by atoms with Crippen LogP contribution in [0.1, 0.15) is 40.5 Å². The van der Waals surface area contributed by atoms with E-state index < -0.39 is 0 Å². The Bertz CT molecular complexity index is 171. The van der Waals surface area contributed by atoms with E-state index in [0.717, 1.165) is 5.82 Å². The highest BCUT2D eigenvalue weighted by atomic mass is 32.1. The van der Waals surface area contributed by atoms with Gasteiger partial charge in [0.25, 0.3) is 0 Å². The molecule has 1 atom stereocenters. The molecule has 1 aliphatic rings. The first-order chi connectivity index (χ1) is 6.91. The summed E-state index contributed by atoms with van der Waals surface area (Å²) in [6.45, 7) is 13.4. The van der Waals surface area contributed by atoms with Crippen LogP contribution in [0, 0.1) is 5.41 Å². The third-order valence-corrected chi connectivity index (χ3v) is 3.50. The normalized spacial score (nSPS) is 26.2. The summed E-state index contributed by atoms with van der Waals surface area (Å²) >= 11 is 4.58. The number of nitrogens with zero attached hydrogens (tertiary/aromatic N) is 1. The average Bonchev–Trinajstić information content (AvgIpc) is 2.26. The second-order valence-corrected chi connectivity index (χ2v) is 6.21. The van der Waals surface area contributed by atoms with Crippen molar-refractivity contribution in [3.63, 3.8) is 0 Å². The molecule has 0 aliphatic carbocycles. The molecule has 0 aromatic carbocycles. The van der Waals surface area contributed by atoms with Crippen LogP contribution in [0.5, 0.6) is 0 Å². The van der Waals surface area contributed by atoms with E-state index in [2.05, 4.69) is 45.1 Å². The van der Waals surface area contributed by atoms with Gasteiger partial charge in [0.05, 0.1) is 0 Å². The van der Waals surface area contributed by atoms with E-state index >= 15 is 0 Å². The van der Waals surface area contributed by atoms with Crippen LogP contribution >= 0.6 is 12.5 Å². The van der Waals surface area contributed by atoms with E-state index in [4.69, 9.17) is 0 Å². The molecule has 0 radical (unpaired) electrons. The summed E-state index contributed by atoms with van der Waals surface area (Å²) in [6, 6.07) is 0. The Hall–Kier alpha value is 0.375. The van der Waals surface area contributed by atoms with Crippen molar-refractivity contribution in [3.8, 4) is 0 Å². The molecule has 90 valence electrons. The van der Waals surface area contributed by atoms with Crippen LogP contribution in [-0.4, -0.2) is 31.0 Å². The molecule has 3 heteroatoms. The number of likely N-dealkylation sites (tertiary alicyclic amines) is 1. The molecule has 1 rings (SSSR count). The third-order valence-electron chi connectivity index (χ3n) is 3.08. The highest BCUT2D eigenvalue weighted by molar-refractivity contribution is 8.10. The molecule has 0 amide bonds. The molecule has 1 heterocycles. The van der Waals surface area contributed by atoms with Gasteiger partial charge in [-0.15, -0.1) is 0 Å². The molecule has 0 bridgehead atoms. The first-order valence-electron chi connectivity index (χ1n) is 6.27. The van der Waals surface area contributed by atoms with E-state index in [9.17, 15) is 0 Å². The molecule has 0 aromatic heterocycles. The second kappa shape index (κ2) is 6.85. The maximum absolute atomic E-state index is 4.58. The zero-order chi connectivity index (χ0) is 12.1. The minimum Gasteiger partial charge on any atom is -0.306 e. The van der Waals surface area contributed by atoms with E-state index in [0.29, 0.717) is 11.4 Å². The van der Waals surface area contributed by atoms with E-state index in [1.807, 2.05) is 13.8 Å². The monoisotopic (exact) mass is 229 g/mol. The van der Waals surface area contributed by atoms with Gasteiger partial charge in [0, 0.05) is 6.54 Å². The molecule has 0 spiro atoms. The van der Waals surface area contributed by atoms with Crippen molar-refractivity contribution < 1.29 is 0 Å². The van der Waals surface area contributed by atoms with Crippen LogP contribution in [0.2, 0.25) is 12.6 Å². The molecule has 1 unspecified atom stereocenters. The van der Waals surface area contributed by atoms with Crippen LogP contribution in [0.4, 0.5) is 0 Å². The van der Waals surface area contributed by atoms with Crippen molar-refractivity contribution in [2.24, 2.45) is 5.41 Å². The average molecular weight is 229 g/mol. The maximum Gasteiger partial charge on any atom is 0.205 e. The van der Waals surface area contributed by atoms with Gasteiger partial charge in [-0.3, -0.25) is 0 Å². The van der Waals surface area contributed by atoms with Crippen molar-refractivity contribution in [2.45, 2.75) is 53.2 Å². The number of hydrogen-bond acceptors (Lipinski definition) is 2. The Labute approximate surface area is 102 Å². The zero-order valence-electron chi connectivity index (χ0n) is 11.4. The molecule has 0 N–H and O–H groups in total. The summed E-state index contributed by atoms with van der Waals surface area (Å²) in [5.41, 5.74) is 0.465. The Balaban J connectivity index is 0.000000921. The lowest BCUT2D eigenvalue weighted by atomic mass is 9.59. The quantitative estimate of drug-likeness (QED) is 0.530. The molecule has 1 fully saturated rings. The van der Waals surface area contributed by atoms with E-state index in [1.165, 1.54) is 25.9 Å². The van der Waals surface area contributed by atoms with Gasteiger partial charge in [0.1, 0.15) is 0 Å². The predicted molar refractivity (Wildman–Crippen MR) is 76.2 cm³/mol. The fourth-order valence-corrected chi connectivity index (χ4v) is 2.74. The van der Waals surface area contributed by atoms with Crippen LogP contribution in [0.25, 0.3) is 0 Å². The number of thiol groups is 1. The van der Waals surface area contributed by atoms with E-state index in [-0.39, 0.29) is 0 Å². The first-order valence-corrected chi connectivity index (χ1v) is 6.79. The summed E-state index contributed by atoms with van der Waals surface area (Å²) < 4.78 is 0. The largest absolute Gasteiger partial charge is 0.306 e. The topological polar surface area (TPSA) is 3.24 Å². The molecule has 1 nitrogen and oxygen atoms in total. The van der Waals surface area contributed by atoms with Gasteiger partial charge in [-0.05, 0) is 31.8 Å². The number of hydrogen-bond donors (Lipinski definition) is 1. The summed E-state index contributed by atoms with van der Waals surface area (Å²) in [5.74, 6) is 1.34. The summed E-state index contributed by atoms with van der Waals surface area (Å²) in [6.07, 6.45) is 2.63. The van der Waals surface area contributed by atoms with Gasteiger partial charge in [-0.25, -0.2) is 12.5 Å². The van der Waals surface area contributed by atoms with Gasteiger partial charge in [0.15, 0.2) is 0 Å². The summed E-state index contributed by atoms with van der Waals surface area (Å²) in [7, 11) is 2.23. The van der Waals surface area contributed by atoms with Crippen LogP contribution in [0.3, 0.4) is 0 Å². The molecule has 1 aliphatic heterocycles. The van der Waals surface area contributed by atoms with Crippen LogP contribution in [0.15, 0.2) is 0 Å². The van der Waals surface area contributed by atoms with Gasteiger partial charge in [-0.2, -0.15) is 0 Å². The second-order valence-electron chi connectivity index (χ2n) is 5.40. The Kier molecular flexibility index (Phi) is 7.02. The lowest BCUT2D eigenvalue weighted by Gasteiger charge is -2.28. The van der Waals surface area contributed by atoms with Crippen molar-refractivity contribution in [1.29, 1.82) is 0 Å². The number of rotatable bonds is 1. The Morgan fingerprint density at radius 3 is 2.33 bits per heavy atom. The minimum absolute atomic E-state index is 0.465. The van der Waals surface area contributed by atoms with Gasteiger partial charge in [0.2, 0.25) is 5.99 Å². The standard InChI is InChI=1S/C10H22BNS.C2H6/c1-10(2)7-9(11(3)13)5-6-12(4)8-10;1-2/h9,13H,5-8H2,1-4H3;1-2H3. The van der Waals surface area contributed by atoms with Crippen molar-refractivity contribution in [3.05, 3.63) is 0 Å². The van der Waals surface area contributed by atoms with Crippen molar-refractivity contribution in [2.75, 3.05) is 20.1 Å². The third kappa shape index (κ3) is 5.86. The minimum atomic E-state index is 0.465. The fourth-order valence-electron chi connectivity index (χ4n) is 2.48. The summed E-state index contributed by atoms with van der Waals surface area (Å²) in [5, 5.41) is 0. The van der Waals surface area contributed by atoms with Crippen LogP contribution < -0.4 is 0 Å². The van der Waals surface area contributed by atoms with Gasteiger partial charge in [-0.1, -0.05) is 40.3 Å². The molecular formula is C12H28BNS. The molecular weight excluding hydrogens is 201 g/mol. The predicted octanol–water partition coefficient (Wildman–Crippen LogP) is 3.69. The van der Waals surface area contributed by atoms with Crippen LogP contribution in [-0.2, 0) is 0 Å². The summed E-state index contributed by atoms with van der Waals surface area (Å²) in [4.78, 5) is 2.45. The van der Waals surface area contributed by atoms with Crippen molar-refractivity contribution >= 4 is 18.5 Å². The molecule has 15 heavy (non-hydrogen) atoms. The first kappa shape index (κ1) is 15.4. The molecule has 0 aromatic rings. The highest BCUT2D eigenvalue weighted by Gasteiger charge is 2.31. The smallest absolute Gasteiger partial charge is 0.205 e. The maximum atomic E-state index is 4.58. The zero-order valence-corrected chi connectivity index (χ0v) is 12.3. The lowest BCUT2D eigenvalue weighted by Crippen LogP contribution is -2.29.